The highest BCUT2D eigenvalue weighted by molar-refractivity contribution is 7.89. The van der Waals surface area contributed by atoms with Crippen molar-refractivity contribution < 1.29 is 13.2 Å². The van der Waals surface area contributed by atoms with Gasteiger partial charge >= 0.3 is 0 Å². The van der Waals surface area contributed by atoms with Gasteiger partial charge in [0.15, 0.2) is 0 Å². The van der Waals surface area contributed by atoms with Crippen molar-refractivity contribution in [1.29, 1.82) is 0 Å². The lowest BCUT2D eigenvalue weighted by atomic mass is 10.1. The molecule has 4 rings (SSSR count). The lowest BCUT2D eigenvalue weighted by molar-refractivity contribution is -0.126. The Hall–Kier alpha value is -1.74. The van der Waals surface area contributed by atoms with Crippen LogP contribution in [0.15, 0.2) is 40.6 Å². The van der Waals surface area contributed by atoms with Crippen LogP contribution in [0.4, 0.5) is 0 Å². The van der Waals surface area contributed by atoms with Gasteiger partial charge in [-0.25, -0.2) is 8.42 Å². The quantitative estimate of drug-likeness (QED) is 0.707. The number of aryl methyl sites for hydroxylation is 2. The Bertz CT molecular complexity index is 981. The van der Waals surface area contributed by atoms with Gasteiger partial charge in [0.25, 0.3) is 0 Å². The molecule has 2 aromatic rings. The third kappa shape index (κ3) is 4.61. The molecule has 1 aromatic heterocycles. The van der Waals surface area contributed by atoms with Crippen molar-refractivity contribution in [1.82, 2.24) is 14.5 Å². The first kappa shape index (κ1) is 21.5. The number of fused-ring (bicyclic) bond motifs is 1. The summed E-state index contributed by atoms with van der Waals surface area (Å²) in [6.45, 7) is 4.45. The van der Waals surface area contributed by atoms with Crippen LogP contribution in [0.25, 0.3) is 0 Å². The monoisotopic (exact) mass is 447 g/mol. The number of nitrogens with zero attached hydrogens (tertiary/aromatic N) is 2. The fourth-order valence-corrected chi connectivity index (χ4v) is 6.45. The topological polar surface area (TPSA) is 69.7 Å². The summed E-state index contributed by atoms with van der Waals surface area (Å²) in [5.41, 5.74) is 2.44. The van der Waals surface area contributed by atoms with Gasteiger partial charge in [-0.05, 0) is 67.3 Å². The van der Waals surface area contributed by atoms with E-state index in [0.717, 1.165) is 25.7 Å². The molecule has 162 valence electrons. The molecule has 0 radical (unpaired) electrons. The third-order valence-corrected chi connectivity index (χ3v) is 8.99. The third-order valence-electron chi connectivity index (χ3n) is 6.16. The van der Waals surface area contributed by atoms with Crippen molar-refractivity contribution in [2.24, 2.45) is 0 Å². The van der Waals surface area contributed by atoms with Gasteiger partial charge in [0, 0.05) is 37.6 Å². The highest BCUT2D eigenvalue weighted by Gasteiger charge is 2.32. The second kappa shape index (κ2) is 9.18. The lowest BCUT2D eigenvalue weighted by Crippen LogP contribution is -2.55. The zero-order valence-electron chi connectivity index (χ0n) is 17.3. The van der Waals surface area contributed by atoms with Crippen LogP contribution in [0.1, 0.15) is 29.3 Å². The van der Waals surface area contributed by atoms with Crippen molar-refractivity contribution in [3.05, 3.63) is 51.7 Å². The fourth-order valence-electron chi connectivity index (χ4n) is 4.27. The van der Waals surface area contributed by atoms with E-state index in [4.69, 9.17) is 0 Å². The predicted octanol–water partition coefficient (Wildman–Crippen LogP) is 2.29. The molecule has 1 N–H and O–H groups in total. The summed E-state index contributed by atoms with van der Waals surface area (Å²) in [6, 6.07) is 9.39. The van der Waals surface area contributed by atoms with Gasteiger partial charge < -0.3 is 5.32 Å². The molecule has 8 heteroatoms. The highest BCUT2D eigenvalue weighted by atomic mass is 32.2. The minimum Gasteiger partial charge on any atom is -0.354 e. The van der Waals surface area contributed by atoms with Crippen molar-refractivity contribution >= 4 is 27.3 Å². The molecule has 1 aliphatic heterocycles. The molecule has 1 atom stereocenters. The number of amides is 1. The maximum absolute atomic E-state index is 13.1. The molecule has 2 heterocycles. The van der Waals surface area contributed by atoms with Crippen LogP contribution < -0.4 is 5.32 Å². The average molecular weight is 448 g/mol. The molecule has 30 heavy (non-hydrogen) atoms. The van der Waals surface area contributed by atoms with Gasteiger partial charge in [0.2, 0.25) is 15.9 Å². The Morgan fingerprint density at radius 2 is 1.90 bits per heavy atom. The van der Waals surface area contributed by atoms with Gasteiger partial charge in [0.1, 0.15) is 0 Å². The van der Waals surface area contributed by atoms with Gasteiger partial charge in [-0.2, -0.15) is 4.31 Å². The zero-order valence-corrected chi connectivity index (χ0v) is 19.0. The smallest absolute Gasteiger partial charge is 0.243 e. The normalized spacial score (nSPS) is 18.8. The Morgan fingerprint density at radius 3 is 2.63 bits per heavy atom. The highest BCUT2D eigenvalue weighted by Crippen LogP contribution is 2.27. The number of sulfonamides is 1. The fraction of sp³-hybridized carbons (Fsp3) is 0.500. The molecule has 0 unspecified atom stereocenters. The summed E-state index contributed by atoms with van der Waals surface area (Å²) in [6.07, 6.45) is 3.95. The molecule has 1 fully saturated rings. The molecule has 1 aromatic carbocycles. The van der Waals surface area contributed by atoms with Crippen LogP contribution in [-0.2, 0) is 34.1 Å². The number of carbonyl (C=O) groups is 1. The van der Waals surface area contributed by atoms with Crippen molar-refractivity contribution in [3.8, 4) is 0 Å². The molecule has 1 aliphatic carbocycles. The van der Waals surface area contributed by atoms with Crippen molar-refractivity contribution in [2.45, 2.75) is 43.5 Å². The molecule has 1 amide bonds. The number of nitrogens with one attached hydrogen (secondary N) is 1. The number of hydrogen-bond donors (Lipinski definition) is 1. The van der Waals surface area contributed by atoms with E-state index in [9.17, 15) is 13.2 Å². The Kier molecular flexibility index (Phi) is 6.57. The summed E-state index contributed by atoms with van der Waals surface area (Å²) >= 11 is 1.69. The van der Waals surface area contributed by atoms with Gasteiger partial charge in [-0.15, -0.1) is 11.3 Å². The molecule has 6 nitrogen and oxygen atoms in total. The Balaban J connectivity index is 1.30. The maximum atomic E-state index is 13.1. The second-order valence-electron chi connectivity index (χ2n) is 8.02. The van der Waals surface area contributed by atoms with Crippen LogP contribution in [0, 0.1) is 0 Å². The first-order chi connectivity index (χ1) is 14.4. The van der Waals surface area contributed by atoms with E-state index in [1.165, 1.54) is 16.0 Å². The first-order valence-electron chi connectivity index (χ1n) is 10.6. The Labute approximate surface area is 182 Å². The molecule has 0 bridgehead atoms. The Morgan fingerprint density at radius 1 is 1.13 bits per heavy atom. The summed E-state index contributed by atoms with van der Waals surface area (Å²) < 4.78 is 27.7. The number of thiophene rings is 1. The molecular weight excluding hydrogens is 418 g/mol. The number of piperazine rings is 1. The summed E-state index contributed by atoms with van der Waals surface area (Å²) in [5, 5.41) is 5.04. The largest absolute Gasteiger partial charge is 0.354 e. The van der Waals surface area contributed by atoms with E-state index in [0.29, 0.717) is 37.6 Å². The standard InChI is InChI=1S/C22H29N3O3S2/c1-17(22(26)23-10-9-20-6-3-15-29-20)24-11-13-25(14-12-24)30(27,28)21-8-7-18-4-2-5-19(18)16-21/h3,6-8,15-17H,2,4-5,9-14H2,1H3,(H,23,26)/t17-/m0/s1. The predicted molar refractivity (Wildman–Crippen MR) is 119 cm³/mol. The van der Waals surface area contributed by atoms with E-state index in [1.807, 2.05) is 30.5 Å². The number of rotatable bonds is 7. The van der Waals surface area contributed by atoms with E-state index in [2.05, 4.69) is 16.3 Å². The minimum absolute atomic E-state index is 0.00138. The van der Waals surface area contributed by atoms with E-state index in [-0.39, 0.29) is 11.9 Å². The van der Waals surface area contributed by atoms with Crippen LogP contribution in [-0.4, -0.2) is 62.3 Å². The molecular formula is C22H29N3O3S2. The van der Waals surface area contributed by atoms with E-state index < -0.39 is 10.0 Å². The van der Waals surface area contributed by atoms with E-state index in [1.54, 1.807) is 21.7 Å². The lowest BCUT2D eigenvalue weighted by Gasteiger charge is -2.36. The second-order valence-corrected chi connectivity index (χ2v) is 11.0. The maximum Gasteiger partial charge on any atom is 0.243 e. The summed E-state index contributed by atoms with van der Waals surface area (Å²) in [4.78, 5) is 16.2. The minimum atomic E-state index is -3.49. The molecule has 1 saturated heterocycles. The van der Waals surface area contributed by atoms with Gasteiger partial charge in [-0.3, -0.25) is 9.69 Å². The first-order valence-corrected chi connectivity index (χ1v) is 12.9. The van der Waals surface area contributed by atoms with Crippen LogP contribution in [0.5, 0.6) is 0 Å². The van der Waals surface area contributed by atoms with Crippen LogP contribution in [0.3, 0.4) is 0 Å². The number of hydrogen-bond acceptors (Lipinski definition) is 5. The van der Waals surface area contributed by atoms with E-state index >= 15 is 0 Å². The number of carbonyl (C=O) groups excluding carboxylic acids is 1. The number of benzene rings is 1. The molecule has 0 saturated carbocycles. The van der Waals surface area contributed by atoms with Gasteiger partial charge in [0.05, 0.1) is 10.9 Å². The van der Waals surface area contributed by atoms with Crippen molar-refractivity contribution in [2.75, 3.05) is 32.7 Å². The summed E-state index contributed by atoms with van der Waals surface area (Å²) in [5.74, 6) is 0.00138. The molecule has 0 spiro atoms. The zero-order chi connectivity index (χ0) is 21.1. The van der Waals surface area contributed by atoms with Crippen LogP contribution in [0.2, 0.25) is 0 Å². The average Bonchev–Trinajstić information content (AvgIpc) is 3.44. The summed E-state index contributed by atoms with van der Waals surface area (Å²) in [7, 11) is -3.49. The van der Waals surface area contributed by atoms with Gasteiger partial charge in [-0.1, -0.05) is 12.1 Å². The molecule has 2 aliphatic rings. The SMILES string of the molecule is C[C@@H](C(=O)NCCc1cccs1)N1CCN(S(=O)(=O)c2ccc3c(c2)CCC3)CC1. The van der Waals surface area contributed by atoms with Crippen LogP contribution >= 0.6 is 11.3 Å². The van der Waals surface area contributed by atoms with Crippen molar-refractivity contribution in [3.63, 3.8) is 0 Å².